The number of hydrogen-bond acceptors (Lipinski definition) is 4. The Morgan fingerprint density at radius 1 is 0.543 bits per heavy atom. The summed E-state index contributed by atoms with van der Waals surface area (Å²) < 4.78 is 6.45. The Labute approximate surface area is 223 Å². The fourth-order valence-corrected chi connectivity index (χ4v) is 9.47. The Hall–Kier alpha value is 0.0569. The van der Waals surface area contributed by atoms with Crippen LogP contribution in [0.3, 0.4) is 0 Å². The highest BCUT2D eigenvalue weighted by molar-refractivity contribution is 6.71. The minimum absolute atomic E-state index is 0.438. The molecule has 0 heterocycles. The van der Waals surface area contributed by atoms with E-state index in [0.29, 0.717) is 5.41 Å². The van der Waals surface area contributed by atoms with E-state index in [4.69, 9.17) is 4.43 Å². The molecule has 4 nitrogen and oxygen atoms in total. The van der Waals surface area contributed by atoms with Gasteiger partial charge in [-0.25, -0.2) is 0 Å². The Morgan fingerprint density at radius 3 is 1.14 bits per heavy atom. The minimum atomic E-state index is -1.68. The van der Waals surface area contributed by atoms with Gasteiger partial charge < -0.3 is 19.1 Å². The van der Waals surface area contributed by atoms with E-state index in [1.807, 2.05) is 0 Å². The van der Waals surface area contributed by atoms with E-state index < -0.39 is 8.32 Å². The molecule has 0 aliphatic rings. The Morgan fingerprint density at radius 2 is 0.886 bits per heavy atom. The fourth-order valence-electron chi connectivity index (χ4n) is 6.25. The molecule has 0 unspecified atom stereocenters. The van der Waals surface area contributed by atoms with Crippen molar-refractivity contribution >= 4 is 8.32 Å². The highest BCUT2D eigenvalue weighted by atomic mass is 28.4. The molecule has 0 atom stereocenters. The fraction of sp³-hybridized carbons (Fsp3) is 1.00. The summed E-state index contributed by atoms with van der Waals surface area (Å²) in [7, 11) is -1.68. The van der Waals surface area contributed by atoms with Crippen molar-refractivity contribution in [1.82, 2.24) is 14.7 Å². The van der Waals surface area contributed by atoms with Gasteiger partial charge in [0.2, 0.25) is 0 Å². The van der Waals surface area contributed by atoms with E-state index in [1.165, 1.54) is 123 Å². The molecule has 0 saturated carbocycles. The van der Waals surface area contributed by atoms with Gasteiger partial charge in [-0.15, -0.1) is 0 Å². The zero-order valence-electron chi connectivity index (χ0n) is 25.9. The summed E-state index contributed by atoms with van der Waals surface area (Å²) >= 11 is 0. The smallest absolute Gasteiger partial charge is 0.187 e. The first-order valence-corrected chi connectivity index (χ1v) is 18.7. The van der Waals surface area contributed by atoms with Crippen LogP contribution in [0.25, 0.3) is 0 Å². The first-order valence-electron chi connectivity index (χ1n) is 15.6. The average molecular weight is 514 g/mol. The molecule has 0 radical (unpaired) electrons. The van der Waals surface area contributed by atoms with Gasteiger partial charge in [0.25, 0.3) is 0 Å². The van der Waals surface area contributed by atoms with Gasteiger partial charge in [0.05, 0.1) is 0 Å². The van der Waals surface area contributed by atoms with Crippen molar-refractivity contribution in [3.05, 3.63) is 0 Å². The van der Waals surface area contributed by atoms with Gasteiger partial charge in [-0.2, -0.15) is 0 Å². The number of nitrogens with zero attached hydrogens (tertiary/aromatic N) is 3. The molecular weight excluding hydrogens is 446 g/mol. The van der Waals surface area contributed by atoms with Crippen LogP contribution in [0, 0.1) is 5.41 Å². The predicted octanol–water partition coefficient (Wildman–Crippen LogP) is 7.75. The van der Waals surface area contributed by atoms with Crippen LogP contribution in [0.1, 0.15) is 106 Å². The van der Waals surface area contributed by atoms with Crippen molar-refractivity contribution < 1.29 is 4.43 Å². The van der Waals surface area contributed by atoms with Crippen LogP contribution >= 0.6 is 0 Å². The molecule has 0 aliphatic heterocycles. The first kappa shape index (κ1) is 35.1. The predicted molar refractivity (Wildman–Crippen MR) is 161 cm³/mol. The molecule has 212 valence electrons. The summed E-state index contributed by atoms with van der Waals surface area (Å²) in [5, 5.41) is 0. The summed E-state index contributed by atoms with van der Waals surface area (Å²) in [5.41, 5.74) is 0.438. The quantitative estimate of drug-likeness (QED) is 0.116. The van der Waals surface area contributed by atoms with Crippen LogP contribution in [0.15, 0.2) is 0 Å². The molecule has 35 heavy (non-hydrogen) atoms. The summed E-state index contributed by atoms with van der Waals surface area (Å²) in [5.74, 6) is 0. The molecule has 0 aromatic carbocycles. The van der Waals surface area contributed by atoms with E-state index >= 15 is 0 Å². The normalized spacial score (nSPS) is 13.0. The van der Waals surface area contributed by atoms with E-state index in [2.05, 4.69) is 76.3 Å². The molecule has 0 fully saturated rings. The molecule has 0 amide bonds. The molecule has 0 rings (SSSR count). The molecule has 5 heteroatoms. The Balaban J connectivity index is 5.59. The van der Waals surface area contributed by atoms with Crippen molar-refractivity contribution in [3.63, 3.8) is 0 Å². The van der Waals surface area contributed by atoms with Gasteiger partial charge >= 0.3 is 0 Å². The maximum absolute atomic E-state index is 6.45. The highest BCUT2D eigenvalue weighted by Crippen LogP contribution is 2.43. The summed E-state index contributed by atoms with van der Waals surface area (Å²) in [6, 6.07) is 1.33. The molecule has 0 aromatic rings. The van der Waals surface area contributed by atoms with Crippen LogP contribution < -0.4 is 0 Å². The van der Waals surface area contributed by atoms with Crippen LogP contribution in [0.2, 0.25) is 19.1 Å². The zero-order valence-corrected chi connectivity index (χ0v) is 26.9. The molecule has 0 N–H and O–H groups in total. The standard InChI is InChI=1S/C30H67N3OSi/c1-10-23-31(13-4)26-17-20-30(29-35(8,9)34-16-7,21-18-27-32(14-5)24-11-2)22-19-28-33(15-6)25-12-3/h10-29H2,1-9H3. The zero-order chi connectivity index (χ0) is 26.6. The largest absolute Gasteiger partial charge is 0.418 e. The van der Waals surface area contributed by atoms with E-state index in [9.17, 15) is 0 Å². The van der Waals surface area contributed by atoms with Crippen LogP contribution in [0.4, 0.5) is 0 Å². The van der Waals surface area contributed by atoms with Crippen molar-refractivity contribution in [2.75, 3.05) is 65.5 Å². The van der Waals surface area contributed by atoms with Crippen molar-refractivity contribution in [2.45, 2.75) is 125 Å². The van der Waals surface area contributed by atoms with Crippen LogP contribution in [0.5, 0.6) is 0 Å². The van der Waals surface area contributed by atoms with E-state index in [0.717, 1.165) is 6.61 Å². The third-order valence-electron chi connectivity index (χ3n) is 7.84. The molecule has 0 aromatic heterocycles. The molecule has 0 spiro atoms. The topological polar surface area (TPSA) is 19.0 Å². The molecule has 0 aliphatic carbocycles. The number of rotatable bonds is 25. The minimum Gasteiger partial charge on any atom is -0.418 e. The van der Waals surface area contributed by atoms with Crippen molar-refractivity contribution in [1.29, 1.82) is 0 Å². The lowest BCUT2D eigenvalue weighted by Gasteiger charge is -2.41. The van der Waals surface area contributed by atoms with E-state index in [-0.39, 0.29) is 0 Å². The Bertz CT molecular complexity index is 424. The summed E-state index contributed by atoms with van der Waals surface area (Å²) in [4.78, 5) is 7.99. The van der Waals surface area contributed by atoms with Crippen molar-refractivity contribution in [2.24, 2.45) is 5.41 Å². The van der Waals surface area contributed by atoms with Gasteiger partial charge in [-0.3, -0.25) is 0 Å². The van der Waals surface area contributed by atoms with Gasteiger partial charge in [0.15, 0.2) is 8.32 Å². The maximum atomic E-state index is 6.45. The monoisotopic (exact) mass is 514 g/mol. The second-order valence-corrected chi connectivity index (χ2v) is 15.6. The lowest BCUT2D eigenvalue weighted by molar-refractivity contribution is 0.169. The third kappa shape index (κ3) is 16.5. The third-order valence-corrected chi connectivity index (χ3v) is 10.5. The Kier molecular flexibility index (Phi) is 21.1. The second kappa shape index (κ2) is 21.0. The second-order valence-electron chi connectivity index (χ2n) is 11.5. The van der Waals surface area contributed by atoms with Gasteiger partial charge in [-0.05, 0) is 148 Å². The van der Waals surface area contributed by atoms with Gasteiger partial charge in [0.1, 0.15) is 0 Å². The lowest BCUT2D eigenvalue weighted by Crippen LogP contribution is -2.40. The lowest BCUT2D eigenvalue weighted by atomic mass is 9.76. The van der Waals surface area contributed by atoms with E-state index in [1.54, 1.807) is 0 Å². The first-order chi connectivity index (χ1) is 16.7. The maximum Gasteiger partial charge on any atom is 0.187 e. The highest BCUT2D eigenvalue weighted by Gasteiger charge is 2.37. The van der Waals surface area contributed by atoms with Gasteiger partial charge in [0, 0.05) is 6.61 Å². The molecule has 0 bridgehead atoms. The van der Waals surface area contributed by atoms with Crippen LogP contribution in [-0.4, -0.2) is 88.5 Å². The molecule has 0 saturated heterocycles. The SMILES string of the molecule is CCCN(CC)CCCC(CCCN(CC)CCC)(CCCN(CC)CCC)C[Si](C)(C)OCC. The summed E-state index contributed by atoms with van der Waals surface area (Å²) in [6.45, 7) is 33.0. The summed E-state index contributed by atoms with van der Waals surface area (Å²) in [6.07, 6.45) is 11.9. The molecular formula is C30H67N3OSi. The number of hydrogen-bond donors (Lipinski definition) is 0. The van der Waals surface area contributed by atoms with Gasteiger partial charge in [-0.1, -0.05) is 41.5 Å². The van der Waals surface area contributed by atoms with Crippen molar-refractivity contribution in [3.8, 4) is 0 Å². The average Bonchev–Trinajstić information content (AvgIpc) is 2.82. The van der Waals surface area contributed by atoms with Crippen LogP contribution in [-0.2, 0) is 4.43 Å².